The van der Waals surface area contributed by atoms with Crippen LogP contribution in [0.1, 0.15) is 11.6 Å². The van der Waals surface area contributed by atoms with Crippen LogP contribution >= 0.6 is 0 Å². The molecule has 21 heavy (non-hydrogen) atoms. The highest BCUT2D eigenvalue weighted by molar-refractivity contribution is 5.63. The van der Waals surface area contributed by atoms with E-state index in [4.69, 9.17) is 9.47 Å². The third kappa shape index (κ3) is 3.32. The quantitative estimate of drug-likeness (QED) is 0.935. The Morgan fingerprint density at radius 2 is 1.67 bits per heavy atom. The Balaban J connectivity index is 1.79. The van der Waals surface area contributed by atoms with Gasteiger partial charge in [0.25, 0.3) is 0 Å². The molecule has 3 heteroatoms. The number of benzene rings is 2. The van der Waals surface area contributed by atoms with Crippen molar-refractivity contribution in [2.75, 3.05) is 26.9 Å². The highest BCUT2D eigenvalue weighted by atomic mass is 16.6. The van der Waals surface area contributed by atoms with Gasteiger partial charge in [0.1, 0.15) is 6.10 Å². The lowest BCUT2D eigenvalue weighted by molar-refractivity contribution is -0.101. The van der Waals surface area contributed by atoms with Crippen LogP contribution in [0, 0.1) is 0 Å². The maximum absolute atomic E-state index is 5.81. The predicted molar refractivity (Wildman–Crippen MR) is 84.2 cm³/mol. The van der Waals surface area contributed by atoms with Crippen LogP contribution in [0.2, 0.25) is 0 Å². The average Bonchev–Trinajstić information content (AvgIpc) is 2.58. The number of ether oxygens (including phenoxy) is 2. The molecule has 0 aromatic heterocycles. The van der Waals surface area contributed by atoms with Gasteiger partial charge >= 0.3 is 0 Å². The van der Waals surface area contributed by atoms with E-state index in [-0.39, 0.29) is 12.1 Å². The summed E-state index contributed by atoms with van der Waals surface area (Å²) in [5, 5.41) is 3.34. The molecule has 1 fully saturated rings. The summed E-state index contributed by atoms with van der Waals surface area (Å²) in [6, 6.07) is 19.2. The van der Waals surface area contributed by atoms with Gasteiger partial charge in [0, 0.05) is 0 Å². The van der Waals surface area contributed by atoms with Gasteiger partial charge in [-0.1, -0.05) is 54.6 Å². The molecule has 2 unspecified atom stereocenters. The summed E-state index contributed by atoms with van der Waals surface area (Å²) < 4.78 is 11.3. The Bertz CT molecular complexity index is 547. The van der Waals surface area contributed by atoms with Crippen molar-refractivity contribution in [3.63, 3.8) is 0 Å². The van der Waals surface area contributed by atoms with Crippen LogP contribution in [0.4, 0.5) is 0 Å². The first-order valence-corrected chi connectivity index (χ1v) is 7.40. The Kier molecular flexibility index (Phi) is 4.65. The molecule has 0 radical (unpaired) electrons. The Hall–Kier alpha value is -1.68. The molecule has 2 aromatic carbocycles. The van der Waals surface area contributed by atoms with E-state index in [1.54, 1.807) is 0 Å². The molecule has 2 atom stereocenters. The molecule has 1 aliphatic rings. The SMILES string of the molecule is CNC(c1ccc(-c2ccccc2)cc1)C1COCCO1. The minimum absolute atomic E-state index is 0.0753. The first-order valence-electron chi connectivity index (χ1n) is 7.40. The zero-order chi connectivity index (χ0) is 14.5. The molecule has 0 saturated carbocycles. The van der Waals surface area contributed by atoms with Gasteiger partial charge in [0.2, 0.25) is 0 Å². The third-order valence-electron chi connectivity index (χ3n) is 3.90. The highest BCUT2D eigenvalue weighted by Gasteiger charge is 2.25. The van der Waals surface area contributed by atoms with Gasteiger partial charge in [-0.05, 0) is 23.7 Å². The number of rotatable bonds is 4. The second-order valence-corrected chi connectivity index (χ2v) is 5.24. The van der Waals surface area contributed by atoms with Crippen LogP contribution in [-0.2, 0) is 9.47 Å². The fourth-order valence-electron chi connectivity index (χ4n) is 2.78. The largest absolute Gasteiger partial charge is 0.376 e. The van der Waals surface area contributed by atoms with Crippen molar-refractivity contribution >= 4 is 0 Å². The van der Waals surface area contributed by atoms with E-state index in [0.29, 0.717) is 19.8 Å². The monoisotopic (exact) mass is 283 g/mol. The van der Waals surface area contributed by atoms with Gasteiger partial charge in [-0.15, -0.1) is 0 Å². The topological polar surface area (TPSA) is 30.5 Å². The highest BCUT2D eigenvalue weighted by Crippen LogP contribution is 2.25. The first-order chi connectivity index (χ1) is 10.4. The molecular formula is C18H21NO2. The molecule has 3 nitrogen and oxygen atoms in total. The van der Waals surface area contributed by atoms with Crippen LogP contribution < -0.4 is 5.32 Å². The number of hydrogen-bond donors (Lipinski definition) is 1. The summed E-state index contributed by atoms with van der Waals surface area (Å²) in [7, 11) is 1.97. The molecule has 110 valence electrons. The molecule has 1 N–H and O–H groups in total. The summed E-state index contributed by atoms with van der Waals surface area (Å²) in [5.74, 6) is 0. The number of nitrogens with one attached hydrogen (secondary N) is 1. The second-order valence-electron chi connectivity index (χ2n) is 5.24. The van der Waals surface area contributed by atoms with E-state index in [1.165, 1.54) is 16.7 Å². The fraction of sp³-hybridized carbons (Fsp3) is 0.333. The van der Waals surface area contributed by atoms with E-state index in [1.807, 2.05) is 13.1 Å². The van der Waals surface area contributed by atoms with E-state index in [9.17, 15) is 0 Å². The van der Waals surface area contributed by atoms with Crippen molar-refractivity contribution in [2.45, 2.75) is 12.1 Å². The Labute approximate surface area is 125 Å². The molecular weight excluding hydrogens is 262 g/mol. The standard InChI is InChI=1S/C18H21NO2/c1-19-18(17-13-20-11-12-21-17)16-9-7-15(8-10-16)14-5-3-2-4-6-14/h2-10,17-19H,11-13H2,1H3. The summed E-state index contributed by atoms with van der Waals surface area (Å²) in [4.78, 5) is 0. The third-order valence-corrected chi connectivity index (χ3v) is 3.90. The Morgan fingerprint density at radius 1 is 0.952 bits per heavy atom. The molecule has 3 rings (SSSR count). The average molecular weight is 283 g/mol. The van der Waals surface area contributed by atoms with Gasteiger partial charge in [-0.2, -0.15) is 0 Å². The van der Waals surface area contributed by atoms with Gasteiger partial charge in [0.05, 0.1) is 25.9 Å². The number of likely N-dealkylation sites (N-methyl/N-ethyl adjacent to an activating group) is 1. The maximum Gasteiger partial charge on any atom is 0.100 e. The van der Waals surface area contributed by atoms with Crippen molar-refractivity contribution in [3.05, 3.63) is 60.2 Å². The van der Waals surface area contributed by atoms with Crippen molar-refractivity contribution in [3.8, 4) is 11.1 Å². The molecule has 0 amide bonds. The van der Waals surface area contributed by atoms with Crippen LogP contribution in [0.25, 0.3) is 11.1 Å². The van der Waals surface area contributed by atoms with Crippen LogP contribution in [0.3, 0.4) is 0 Å². The summed E-state index contributed by atoms with van der Waals surface area (Å²) in [5.41, 5.74) is 3.70. The number of hydrogen-bond acceptors (Lipinski definition) is 3. The minimum atomic E-state index is 0.0753. The molecule has 0 spiro atoms. The van der Waals surface area contributed by atoms with Crippen molar-refractivity contribution in [1.29, 1.82) is 0 Å². The zero-order valence-electron chi connectivity index (χ0n) is 12.3. The lowest BCUT2D eigenvalue weighted by Crippen LogP contribution is -2.39. The van der Waals surface area contributed by atoms with Crippen molar-refractivity contribution < 1.29 is 9.47 Å². The molecule has 1 saturated heterocycles. The fourth-order valence-corrected chi connectivity index (χ4v) is 2.78. The van der Waals surface area contributed by atoms with E-state index < -0.39 is 0 Å². The van der Waals surface area contributed by atoms with Gasteiger partial charge < -0.3 is 14.8 Å². The van der Waals surface area contributed by atoms with E-state index in [0.717, 1.165) is 0 Å². The van der Waals surface area contributed by atoms with Crippen LogP contribution in [-0.4, -0.2) is 33.0 Å². The van der Waals surface area contributed by atoms with Crippen molar-refractivity contribution in [1.82, 2.24) is 5.32 Å². The second kappa shape index (κ2) is 6.85. The molecule has 2 aromatic rings. The van der Waals surface area contributed by atoms with Gasteiger partial charge in [-0.25, -0.2) is 0 Å². The van der Waals surface area contributed by atoms with E-state index >= 15 is 0 Å². The van der Waals surface area contributed by atoms with Crippen molar-refractivity contribution in [2.24, 2.45) is 0 Å². The minimum Gasteiger partial charge on any atom is -0.376 e. The maximum atomic E-state index is 5.81. The lowest BCUT2D eigenvalue weighted by Gasteiger charge is -2.30. The first kappa shape index (κ1) is 14.3. The molecule has 1 heterocycles. The van der Waals surface area contributed by atoms with Crippen LogP contribution in [0.15, 0.2) is 54.6 Å². The van der Waals surface area contributed by atoms with Crippen LogP contribution in [0.5, 0.6) is 0 Å². The van der Waals surface area contributed by atoms with E-state index in [2.05, 4.69) is 53.8 Å². The summed E-state index contributed by atoms with van der Waals surface area (Å²) in [6.07, 6.45) is 0.0753. The Morgan fingerprint density at radius 3 is 2.29 bits per heavy atom. The van der Waals surface area contributed by atoms with Gasteiger partial charge in [-0.3, -0.25) is 0 Å². The normalized spacial score (nSPS) is 20.1. The predicted octanol–water partition coefficient (Wildman–Crippen LogP) is 3.03. The molecule has 0 bridgehead atoms. The smallest absolute Gasteiger partial charge is 0.100 e. The van der Waals surface area contributed by atoms with Gasteiger partial charge in [0.15, 0.2) is 0 Å². The summed E-state index contributed by atoms with van der Waals surface area (Å²) >= 11 is 0. The lowest BCUT2D eigenvalue weighted by atomic mass is 9.98. The summed E-state index contributed by atoms with van der Waals surface area (Å²) in [6.45, 7) is 2.01. The zero-order valence-corrected chi connectivity index (χ0v) is 12.3. The molecule has 1 aliphatic heterocycles. The molecule has 0 aliphatic carbocycles.